The molecule has 0 saturated carbocycles. The maximum Gasteiger partial charge on any atom is 0.333 e. The van der Waals surface area contributed by atoms with Crippen molar-refractivity contribution in [2.75, 3.05) is 5.32 Å². The Morgan fingerprint density at radius 2 is 2.31 bits per heavy atom. The quantitative estimate of drug-likeness (QED) is 0.782. The molecule has 86 valence electrons. The number of nitrogens with one attached hydrogen (secondary N) is 1. The zero-order valence-corrected chi connectivity index (χ0v) is 9.62. The number of carboxylic acids is 1. The van der Waals surface area contributed by atoms with Crippen LogP contribution in [0, 0.1) is 0 Å². The lowest BCUT2D eigenvalue weighted by atomic mass is 10.2. The lowest BCUT2D eigenvalue weighted by molar-refractivity contribution is -0.132. The predicted octanol–water partition coefficient (Wildman–Crippen LogP) is 1.71. The molecule has 0 spiro atoms. The van der Waals surface area contributed by atoms with Gasteiger partial charge in [0.2, 0.25) is 0 Å². The first-order valence-corrected chi connectivity index (χ1v) is 4.98. The van der Waals surface area contributed by atoms with E-state index in [4.69, 9.17) is 16.7 Å². The number of hydrogen-bond donors (Lipinski definition) is 2. The van der Waals surface area contributed by atoms with Crippen LogP contribution in [0.1, 0.15) is 20.3 Å². The van der Waals surface area contributed by atoms with Crippen molar-refractivity contribution in [3.05, 3.63) is 22.5 Å². The van der Waals surface area contributed by atoms with E-state index < -0.39 is 5.97 Å². The Balaban J connectivity index is 3.00. The monoisotopic (exact) mass is 242 g/mol. The number of hydrogen-bond acceptors (Lipinski definition) is 5. The van der Waals surface area contributed by atoms with Gasteiger partial charge in [0.15, 0.2) is 5.82 Å². The van der Waals surface area contributed by atoms with Crippen molar-refractivity contribution < 1.29 is 9.90 Å². The van der Waals surface area contributed by atoms with Gasteiger partial charge >= 0.3 is 5.97 Å². The molecule has 1 heterocycles. The lowest BCUT2D eigenvalue weighted by Crippen LogP contribution is -2.09. The first-order valence-electron chi connectivity index (χ1n) is 4.60. The summed E-state index contributed by atoms with van der Waals surface area (Å²) in [5, 5.41) is 22.6. The van der Waals surface area contributed by atoms with E-state index in [1.807, 2.05) is 6.92 Å². The van der Waals surface area contributed by atoms with Gasteiger partial charge in [-0.15, -0.1) is 10.2 Å². The molecule has 6 nitrogen and oxygen atoms in total. The van der Waals surface area contributed by atoms with E-state index >= 15 is 0 Å². The predicted molar refractivity (Wildman–Crippen MR) is 59.1 cm³/mol. The van der Waals surface area contributed by atoms with Gasteiger partial charge in [-0.1, -0.05) is 18.5 Å². The van der Waals surface area contributed by atoms with Crippen LogP contribution in [0.4, 0.5) is 5.82 Å². The Morgan fingerprint density at radius 3 is 2.81 bits per heavy atom. The van der Waals surface area contributed by atoms with E-state index in [2.05, 4.69) is 20.7 Å². The largest absolute Gasteiger partial charge is 0.478 e. The number of anilines is 1. The van der Waals surface area contributed by atoms with E-state index in [0.29, 0.717) is 23.0 Å². The van der Waals surface area contributed by atoms with Gasteiger partial charge in [-0.25, -0.2) is 4.79 Å². The minimum Gasteiger partial charge on any atom is -0.478 e. The molecule has 0 aromatic carbocycles. The molecule has 0 aliphatic rings. The molecule has 0 aliphatic carbocycles. The van der Waals surface area contributed by atoms with Crippen LogP contribution < -0.4 is 5.32 Å². The molecule has 1 aromatic heterocycles. The van der Waals surface area contributed by atoms with E-state index in [9.17, 15) is 4.79 Å². The third kappa shape index (κ3) is 2.90. The van der Waals surface area contributed by atoms with Crippen molar-refractivity contribution in [1.29, 1.82) is 0 Å². The topological polar surface area (TPSA) is 88.0 Å². The molecule has 0 saturated heterocycles. The highest BCUT2D eigenvalue weighted by Crippen LogP contribution is 2.19. The molecule has 0 amide bonds. The molecule has 0 aliphatic heterocycles. The molecular formula is C9H11ClN4O2. The molecule has 7 heteroatoms. The molecule has 0 atom stereocenters. The Labute approximate surface area is 97.3 Å². The van der Waals surface area contributed by atoms with Gasteiger partial charge in [0.25, 0.3) is 0 Å². The molecule has 1 rings (SSSR count). The molecule has 0 radical (unpaired) electrons. The average molecular weight is 243 g/mol. The lowest BCUT2D eigenvalue weighted by Gasteiger charge is -2.10. The van der Waals surface area contributed by atoms with Crippen LogP contribution in [0.5, 0.6) is 0 Å². The van der Waals surface area contributed by atoms with E-state index in [1.165, 1.54) is 13.1 Å². The van der Waals surface area contributed by atoms with Gasteiger partial charge in [0, 0.05) is 5.70 Å². The highest BCUT2D eigenvalue weighted by atomic mass is 35.5. The summed E-state index contributed by atoms with van der Waals surface area (Å²) in [5.74, 6) is -0.684. The number of carbonyl (C=O) groups is 1. The Hall–Kier alpha value is -1.69. The number of nitrogens with zero attached hydrogens (tertiary/aromatic N) is 3. The summed E-state index contributed by atoms with van der Waals surface area (Å²) in [5.41, 5.74) is 0.757. The molecule has 1 aromatic rings. The highest BCUT2D eigenvalue weighted by molar-refractivity contribution is 6.32. The van der Waals surface area contributed by atoms with Crippen molar-refractivity contribution >= 4 is 23.4 Å². The van der Waals surface area contributed by atoms with Crippen molar-refractivity contribution in [2.24, 2.45) is 0 Å². The Bertz CT molecular complexity index is 433. The summed E-state index contributed by atoms with van der Waals surface area (Å²) in [6.07, 6.45) is 1.86. The SMILES string of the molecule is CC/C(Nc1nnncc1Cl)=C(/C)C(=O)O. The fourth-order valence-corrected chi connectivity index (χ4v) is 1.19. The average Bonchev–Trinajstić information content (AvgIpc) is 2.27. The van der Waals surface area contributed by atoms with Gasteiger partial charge in [-0.2, -0.15) is 0 Å². The highest BCUT2D eigenvalue weighted by Gasteiger charge is 2.10. The van der Waals surface area contributed by atoms with Gasteiger partial charge in [-0.05, 0) is 18.6 Å². The molecule has 0 fully saturated rings. The molecule has 0 unspecified atom stereocenters. The van der Waals surface area contributed by atoms with E-state index in [1.54, 1.807) is 0 Å². The van der Waals surface area contributed by atoms with Gasteiger partial charge in [-0.3, -0.25) is 0 Å². The summed E-state index contributed by atoms with van der Waals surface area (Å²) in [6.45, 7) is 3.34. The second kappa shape index (κ2) is 5.41. The summed E-state index contributed by atoms with van der Waals surface area (Å²) in [4.78, 5) is 10.8. The summed E-state index contributed by atoms with van der Waals surface area (Å²) in [7, 11) is 0. The van der Waals surface area contributed by atoms with Crippen molar-refractivity contribution in [3.63, 3.8) is 0 Å². The number of allylic oxidation sites excluding steroid dienone is 1. The Morgan fingerprint density at radius 1 is 1.62 bits per heavy atom. The summed E-state index contributed by atoms with van der Waals surface area (Å²) in [6, 6.07) is 0. The minimum absolute atomic E-state index is 0.220. The second-order valence-corrected chi connectivity index (χ2v) is 3.43. The molecule has 2 N–H and O–H groups in total. The third-order valence-electron chi connectivity index (χ3n) is 1.99. The molecule has 0 bridgehead atoms. The molecular weight excluding hydrogens is 232 g/mol. The number of aliphatic carboxylic acids is 1. The number of aromatic nitrogens is 3. The standard InChI is InChI=1S/C9H11ClN4O2/c1-3-7(5(2)9(15)16)12-8-6(10)4-11-14-13-8/h4H,3H2,1-2H3,(H,15,16)(H,11,12,13)/b7-5+. The summed E-state index contributed by atoms with van der Waals surface area (Å²) >= 11 is 5.81. The fraction of sp³-hybridized carbons (Fsp3) is 0.333. The first kappa shape index (κ1) is 12.4. The zero-order chi connectivity index (χ0) is 12.1. The van der Waals surface area contributed by atoms with Crippen LogP contribution in [0.15, 0.2) is 17.5 Å². The number of carboxylic acid groups (broad SMARTS) is 1. The van der Waals surface area contributed by atoms with Crippen LogP contribution in [0.25, 0.3) is 0 Å². The van der Waals surface area contributed by atoms with E-state index in [0.717, 1.165) is 0 Å². The van der Waals surface area contributed by atoms with Gasteiger partial charge in [0.1, 0.15) is 5.02 Å². The van der Waals surface area contributed by atoms with Crippen molar-refractivity contribution in [1.82, 2.24) is 15.4 Å². The van der Waals surface area contributed by atoms with Crippen LogP contribution >= 0.6 is 11.6 Å². The third-order valence-corrected chi connectivity index (χ3v) is 2.27. The molecule has 16 heavy (non-hydrogen) atoms. The van der Waals surface area contributed by atoms with Crippen LogP contribution in [-0.4, -0.2) is 26.5 Å². The van der Waals surface area contributed by atoms with Crippen LogP contribution in [-0.2, 0) is 4.79 Å². The smallest absolute Gasteiger partial charge is 0.333 e. The zero-order valence-electron chi connectivity index (χ0n) is 8.86. The first-order chi connectivity index (χ1) is 7.56. The normalized spacial score (nSPS) is 11.9. The fourth-order valence-electron chi connectivity index (χ4n) is 1.06. The summed E-state index contributed by atoms with van der Waals surface area (Å²) < 4.78 is 0. The van der Waals surface area contributed by atoms with Crippen molar-refractivity contribution in [2.45, 2.75) is 20.3 Å². The number of rotatable bonds is 4. The number of halogens is 1. The maximum absolute atomic E-state index is 10.8. The van der Waals surface area contributed by atoms with Gasteiger partial charge in [0.05, 0.1) is 11.8 Å². The maximum atomic E-state index is 10.8. The van der Waals surface area contributed by atoms with Crippen molar-refractivity contribution in [3.8, 4) is 0 Å². The van der Waals surface area contributed by atoms with Crippen LogP contribution in [0.2, 0.25) is 5.02 Å². The van der Waals surface area contributed by atoms with Gasteiger partial charge < -0.3 is 10.4 Å². The minimum atomic E-state index is -0.984. The second-order valence-electron chi connectivity index (χ2n) is 3.02. The van der Waals surface area contributed by atoms with E-state index in [-0.39, 0.29) is 5.57 Å². The van der Waals surface area contributed by atoms with Crippen LogP contribution in [0.3, 0.4) is 0 Å². The Kier molecular flexibility index (Phi) is 4.19.